The van der Waals surface area contributed by atoms with Gasteiger partial charge in [0, 0.05) is 9.86 Å². The van der Waals surface area contributed by atoms with Crippen LogP contribution in [-0.4, -0.2) is 40.3 Å². The van der Waals surface area contributed by atoms with Gasteiger partial charge in [-0.2, -0.15) is 0 Å². The van der Waals surface area contributed by atoms with Crippen LogP contribution in [0.4, 0.5) is 0 Å². The molecule has 4 aromatic carbocycles. The Bertz CT molecular complexity index is 1590. The van der Waals surface area contributed by atoms with Crippen molar-refractivity contribution in [2.45, 2.75) is 0 Å². The summed E-state index contributed by atoms with van der Waals surface area (Å²) in [5, 5.41) is 72.9. The molecular formula is C24H16BrNO7. The Labute approximate surface area is 194 Å². The quantitative estimate of drug-likeness (QED) is 0.128. The molecule has 0 unspecified atom stereocenters. The van der Waals surface area contributed by atoms with Crippen LogP contribution in [0.1, 0.15) is 0 Å². The van der Waals surface area contributed by atoms with Crippen molar-refractivity contribution in [1.82, 2.24) is 4.57 Å². The molecule has 0 aliphatic heterocycles. The molecule has 0 radical (unpaired) electrons. The molecule has 7 N–H and O–H groups in total. The fourth-order valence-corrected chi connectivity index (χ4v) is 4.46. The number of phenolic OH excluding ortho intramolecular Hbond substituents is 7. The lowest BCUT2D eigenvalue weighted by Gasteiger charge is -2.19. The van der Waals surface area contributed by atoms with Gasteiger partial charge in [-0.3, -0.25) is 0 Å². The van der Waals surface area contributed by atoms with Gasteiger partial charge in [0.15, 0.2) is 28.7 Å². The maximum atomic E-state index is 11.2. The third-order valence-corrected chi connectivity index (χ3v) is 6.09. The Morgan fingerprint density at radius 1 is 0.576 bits per heavy atom. The molecule has 5 rings (SSSR count). The molecule has 0 bridgehead atoms. The molecule has 1 aromatic heterocycles. The summed E-state index contributed by atoms with van der Waals surface area (Å²) in [6.07, 6.45) is 0. The van der Waals surface area contributed by atoms with Gasteiger partial charge in [0.25, 0.3) is 0 Å². The summed E-state index contributed by atoms with van der Waals surface area (Å²) in [4.78, 5) is 0. The number of rotatable bonds is 2. The lowest BCUT2D eigenvalue weighted by atomic mass is 10.0. The van der Waals surface area contributed by atoms with Crippen LogP contribution in [0.3, 0.4) is 0 Å². The highest BCUT2D eigenvalue weighted by Crippen LogP contribution is 2.58. The Kier molecular flexibility index (Phi) is 4.47. The second-order valence-electron chi connectivity index (χ2n) is 7.47. The molecule has 1 heterocycles. The van der Waals surface area contributed by atoms with Crippen LogP contribution in [0.2, 0.25) is 0 Å². The van der Waals surface area contributed by atoms with Crippen LogP contribution in [0.25, 0.3) is 38.6 Å². The van der Waals surface area contributed by atoms with Crippen molar-refractivity contribution in [3.8, 4) is 57.2 Å². The summed E-state index contributed by atoms with van der Waals surface area (Å²) in [5.74, 6) is -6.63. The van der Waals surface area contributed by atoms with Crippen LogP contribution in [0, 0.1) is 0 Å². The highest BCUT2D eigenvalue weighted by atomic mass is 79.9. The molecule has 0 amide bonds. The number of fused-ring (bicyclic) bond motifs is 2. The first-order chi connectivity index (χ1) is 15.7. The average Bonchev–Trinajstić information content (AvgIpc) is 3.17. The summed E-state index contributed by atoms with van der Waals surface area (Å²) in [6.45, 7) is 0. The first kappa shape index (κ1) is 20.7. The number of halogens is 1. The Hall–Kier alpha value is -4.24. The van der Waals surface area contributed by atoms with Crippen molar-refractivity contribution >= 4 is 37.6 Å². The zero-order valence-corrected chi connectivity index (χ0v) is 18.2. The van der Waals surface area contributed by atoms with E-state index in [-0.39, 0.29) is 5.69 Å². The van der Waals surface area contributed by atoms with E-state index in [9.17, 15) is 35.7 Å². The molecule has 0 saturated carbocycles. The standard InChI is InChI=1S/C24H16BrNO7/c25-12-6-7-13-11(8-12)9-14(10-4-2-1-3-5-10)26(13)17-18(27)15-16(19(28)22(17)31)21(30)24(33)23(32)20(15)29/h1-9,27-33H. The lowest BCUT2D eigenvalue weighted by Crippen LogP contribution is -1.99. The third-order valence-electron chi connectivity index (χ3n) is 5.60. The molecule has 0 aliphatic rings. The van der Waals surface area contributed by atoms with Crippen LogP contribution in [-0.2, 0) is 0 Å². The number of nitrogens with zero attached hydrogens (tertiary/aromatic N) is 1. The molecule has 5 aromatic rings. The van der Waals surface area contributed by atoms with Gasteiger partial charge in [-0.25, -0.2) is 0 Å². The van der Waals surface area contributed by atoms with Gasteiger partial charge in [-0.05, 0) is 29.8 Å². The molecule has 33 heavy (non-hydrogen) atoms. The summed E-state index contributed by atoms with van der Waals surface area (Å²) < 4.78 is 2.28. The molecule has 8 nitrogen and oxygen atoms in total. The Balaban J connectivity index is 2.00. The lowest BCUT2D eigenvalue weighted by molar-refractivity contribution is 0.347. The zero-order valence-electron chi connectivity index (χ0n) is 16.7. The van der Waals surface area contributed by atoms with Gasteiger partial charge in [-0.15, -0.1) is 0 Å². The predicted octanol–water partition coefficient (Wildman–Crippen LogP) is 5.15. The van der Waals surface area contributed by atoms with Gasteiger partial charge >= 0.3 is 0 Å². The van der Waals surface area contributed by atoms with Gasteiger partial charge in [0.05, 0.1) is 22.0 Å². The number of aromatic nitrogens is 1. The minimum atomic E-state index is -1.11. The van der Waals surface area contributed by atoms with Gasteiger partial charge in [0.1, 0.15) is 5.69 Å². The van der Waals surface area contributed by atoms with Crippen LogP contribution in [0.15, 0.2) is 59.1 Å². The first-order valence-corrected chi connectivity index (χ1v) is 10.4. The van der Waals surface area contributed by atoms with E-state index in [1.165, 1.54) is 4.57 Å². The van der Waals surface area contributed by atoms with Gasteiger partial charge in [-0.1, -0.05) is 46.3 Å². The Morgan fingerprint density at radius 2 is 1.15 bits per heavy atom. The number of hydrogen-bond acceptors (Lipinski definition) is 7. The number of benzene rings is 4. The molecule has 0 aliphatic carbocycles. The summed E-state index contributed by atoms with van der Waals surface area (Å²) in [7, 11) is 0. The molecule has 0 fully saturated rings. The number of aromatic hydroxyl groups is 7. The fraction of sp³-hybridized carbons (Fsp3) is 0. The zero-order chi connectivity index (χ0) is 23.6. The van der Waals surface area contributed by atoms with Crippen molar-refractivity contribution in [1.29, 1.82) is 0 Å². The summed E-state index contributed by atoms with van der Waals surface area (Å²) in [5.41, 5.74) is 1.52. The van der Waals surface area contributed by atoms with E-state index in [0.29, 0.717) is 11.2 Å². The predicted molar refractivity (Wildman–Crippen MR) is 126 cm³/mol. The van der Waals surface area contributed by atoms with E-state index >= 15 is 0 Å². The maximum absolute atomic E-state index is 11.2. The van der Waals surface area contributed by atoms with E-state index < -0.39 is 51.0 Å². The fourth-order valence-electron chi connectivity index (χ4n) is 4.08. The smallest absolute Gasteiger partial charge is 0.205 e. The molecule has 0 atom stereocenters. The SMILES string of the molecule is Oc1c(O)c(O)c2c(O)c(-n3c(-c4ccccc4)cc4cc(Br)ccc43)c(O)c(O)c2c1O. The van der Waals surface area contributed by atoms with Crippen LogP contribution in [0.5, 0.6) is 40.2 Å². The monoisotopic (exact) mass is 509 g/mol. The highest BCUT2D eigenvalue weighted by molar-refractivity contribution is 9.10. The minimum Gasteiger partial charge on any atom is -0.505 e. The first-order valence-electron chi connectivity index (χ1n) is 9.65. The Morgan fingerprint density at radius 3 is 1.79 bits per heavy atom. The average molecular weight is 510 g/mol. The van der Waals surface area contributed by atoms with E-state index in [4.69, 9.17) is 0 Å². The van der Waals surface area contributed by atoms with Crippen molar-refractivity contribution < 1.29 is 35.7 Å². The van der Waals surface area contributed by atoms with Gasteiger partial charge in [0.2, 0.25) is 11.5 Å². The normalized spacial score (nSPS) is 11.4. The molecule has 166 valence electrons. The second-order valence-corrected chi connectivity index (χ2v) is 8.39. The van der Waals surface area contributed by atoms with E-state index in [1.807, 2.05) is 42.5 Å². The van der Waals surface area contributed by atoms with Crippen LogP contribution >= 0.6 is 15.9 Å². The topological polar surface area (TPSA) is 147 Å². The molecule has 9 heteroatoms. The van der Waals surface area contributed by atoms with Crippen molar-refractivity contribution in [2.75, 3.05) is 0 Å². The van der Waals surface area contributed by atoms with E-state index in [2.05, 4.69) is 15.9 Å². The minimum absolute atomic E-state index is 0.295. The largest absolute Gasteiger partial charge is 0.505 e. The number of phenols is 7. The van der Waals surface area contributed by atoms with Gasteiger partial charge < -0.3 is 40.3 Å². The molecular weight excluding hydrogens is 494 g/mol. The molecule has 0 saturated heterocycles. The second kappa shape index (κ2) is 7.14. The van der Waals surface area contributed by atoms with E-state index in [1.54, 1.807) is 12.1 Å². The summed E-state index contributed by atoms with van der Waals surface area (Å²) in [6, 6.07) is 16.3. The van der Waals surface area contributed by atoms with Crippen molar-refractivity contribution in [3.05, 3.63) is 59.1 Å². The van der Waals surface area contributed by atoms with Crippen LogP contribution < -0.4 is 0 Å². The van der Waals surface area contributed by atoms with Crippen molar-refractivity contribution in [2.24, 2.45) is 0 Å². The highest BCUT2D eigenvalue weighted by Gasteiger charge is 2.30. The molecule has 0 spiro atoms. The summed E-state index contributed by atoms with van der Waals surface area (Å²) >= 11 is 3.42. The van der Waals surface area contributed by atoms with E-state index in [0.717, 1.165) is 15.4 Å². The third kappa shape index (κ3) is 2.82. The number of hydrogen-bond donors (Lipinski definition) is 7. The van der Waals surface area contributed by atoms with Crippen molar-refractivity contribution in [3.63, 3.8) is 0 Å². The maximum Gasteiger partial charge on any atom is 0.205 e.